The van der Waals surface area contributed by atoms with Crippen LogP contribution in [-0.2, 0) is 27.6 Å². The lowest BCUT2D eigenvalue weighted by Crippen LogP contribution is -2.41. The fourth-order valence-corrected chi connectivity index (χ4v) is 4.65. The van der Waals surface area contributed by atoms with E-state index in [1.54, 1.807) is 7.05 Å². The van der Waals surface area contributed by atoms with E-state index in [1.807, 2.05) is 12.1 Å². The molecule has 152 valence electrons. The molecular formula is C18H29IN4O3S. The van der Waals surface area contributed by atoms with Crippen molar-refractivity contribution in [3.63, 3.8) is 0 Å². The monoisotopic (exact) mass is 508 g/mol. The van der Waals surface area contributed by atoms with Gasteiger partial charge in [-0.1, -0.05) is 31.2 Å². The van der Waals surface area contributed by atoms with E-state index in [4.69, 9.17) is 0 Å². The molecule has 0 spiro atoms. The van der Waals surface area contributed by atoms with Crippen molar-refractivity contribution in [2.75, 3.05) is 25.1 Å². The zero-order valence-electron chi connectivity index (χ0n) is 15.8. The highest BCUT2D eigenvalue weighted by Crippen LogP contribution is 2.11. The van der Waals surface area contributed by atoms with E-state index < -0.39 is 9.84 Å². The molecule has 1 aliphatic heterocycles. The summed E-state index contributed by atoms with van der Waals surface area (Å²) in [6.07, 6.45) is 1.74. The van der Waals surface area contributed by atoms with Crippen molar-refractivity contribution in [2.45, 2.75) is 38.8 Å². The molecule has 1 aromatic rings. The molecule has 3 N–H and O–H groups in total. The molecule has 7 nitrogen and oxygen atoms in total. The maximum Gasteiger partial charge on any atom is 0.222 e. The van der Waals surface area contributed by atoms with Crippen LogP contribution in [0.4, 0.5) is 0 Å². The molecule has 1 atom stereocenters. The van der Waals surface area contributed by atoms with Crippen LogP contribution in [0.1, 0.15) is 30.9 Å². The van der Waals surface area contributed by atoms with Gasteiger partial charge in [-0.2, -0.15) is 0 Å². The third-order valence-corrected chi connectivity index (χ3v) is 6.18. The number of guanidine groups is 1. The highest BCUT2D eigenvalue weighted by molar-refractivity contribution is 14.0. The van der Waals surface area contributed by atoms with Crippen LogP contribution in [0.2, 0.25) is 0 Å². The van der Waals surface area contributed by atoms with Gasteiger partial charge >= 0.3 is 0 Å². The van der Waals surface area contributed by atoms with Gasteiger partial charge in [0.1, 0.15) is 0 Å². The Labute approximate surface area is 178 Å². The van der Waals surface area contributed by atoms with E-state index in [0.29, 0.717) is 25.5 Å². The number of carbonyl (C=O) groups excluding carboxylic acids is 1. The number of aliphatic imine (C=N–C) groups is 1. The van der Waals surface area contributed by atoms with Gasteiger partial charge in [-0.25, -0.2) is 8.42 Å². The van der Waals surface area contributed by atoms with Gasteiger partial charge in [-0.15, -0.1) is 24.0 Å². The third-order valence-electron chi connectivity index (χ3n) is 4.41. The van der Waals surface area contributed by atoms with Gasteiger partial charge in [0.05, 0.1) is 11.5 Å². The Morgan fingerprint density at radius 2 is 1.93 bits per heavy atom. The number of hydrogen-bond acceptors (Lipinski definition) is 4. The lowest BCUT2D eigenvalue weighted by Gasteiger charge is -2.14. The minimum absolute atomic E-state index is 0. The summed E-state index contributed by atoms with van der Waals surface area (Å²) < 4.78 is 22.8. The Kier molecular flexibility index (Phi) is 10.1. The van der Waals surface area contributed by atoms with Crippen LogP contribution >= 0.6 is 24.0 Å². The zero-order valence-corrected chi connectivity index (χ0v) is 19.0. The number of nitrogens with one attached hydrogen (secondary N) is 3. The Bertz CT molecular complexity index is 753. The van der Waals surface area contributed by atoms with Crippen molar-refractivity contribution < 1.29 is 13.2 Å². The Morgan fingerprint density at radius 3 is 2.52 bits per heavy atom. The SMILES string of the molecule is CCc1ccccc1CNC(=NC)NCCC(=O)NC1CCS(=O)(=O)C1.I. The molecule has 0 bridgehead atoms. The van der Waals surface area contributed by atoms with E-state index in [1.165, 1.54) is 11.1 Å². The molecule has 1 aliphatic rings. The van der Waals surface area contributed by atoms with Crippen LogP contribution in [0.3, 0.4) is 0 Å². The summed E-state index contributed by atoms with van der Waals surface area (Å²) in [5.74, 6) is 0.691. The quantitative estimate of drug-likeness (QED) is 0.292. The van der Waals surface area contributed by atoms with Crippen molar-refractivity contribution in [1.82, 2.24) is 16.0 Å². The predicted octanol–water partition coefficient (Wildman–Crippen LogP) is 1.23. The fraction of sp³-hybridized carbons (Fsp3) is 0.556. The molecular weight excluding hydrogens is 479 g/mol. The average molecular weight is 508 g/mol. The molecule has 1 saturated heterocycles. The van der Waals surface area contributed by atoms with Gasteiger partial charge in [-0.05, 0) is 24.0 Å². The zero-order chi connectivity index (χ0) is 19.0. The number of hydrogen-bond donors (Lipinski definition) is 3. The minimum atomic E-state index is -2.98. The molecule has 1 amide bonds. The molecule has 1 aromatic carbocycles. The first-order valence-corrected chi connectivity index (χ1v) is 10.8. The van der Waals surface area contributed by atoms with Crippen LogP contribution in [0.5, 0.6) is 0 Å². The molecule has 2 rings (SSSR count). The Balaban J connectivity index is 0.00000364. The van der Waals surface area contributed by atoms with Crippen LogP contribution in [-0.4, -0.2) is 51.4 Å². The third kappa shape index (κ3) is 8.04. The van der Waals surface area contributed by atoms with Gasteiger partial charge < -0.3 is 16.0 Å². The van der Waals surface area contributed by atoms with Crippen molar-refractivity contribution in [3.8, 4) is 0 Å². The number of halogens is 1. The van der Waals surface area contributed by atoms with E-state index in [0.717, 1.165) is 6.42 Å². The molecule has 1 unspecified atom stereocenters. The second-order valence-corrected chi connectivity index (χ2v) is 8.62. The first-order chi connectivity index (χ1) is 12.4. The van der Waals surface area contributed by atoms with Gasteiger partial charge in [0.25, 0.3) is 0 Å². The van der Waals surface area contributed by atoms with Crippen LogP contribution < -0.4 is 16.0 Å². The highest BCUT2D eigenvalue weighted by Gasteiger charge is 2.28. The van der Waals surface area contributed by atoms with Crippen molar-refractivity contribution in [1.29, 1.82) is 0 Å². The van der Waals surface area contributed by atoms with E-state index in [-0.39, 0.29) is 53.9 Å². The average Bonchev–Trinajstić information content (AvgIpc) is 2.96. The Morgan fingerprint density at radius 1 is 1.22 bits per heavy atom. The van der Waals surface area contributed by atoms with Crippen LogP contribution in [0.15, 0.2) is 29.3 Å². The summed E-state index contributed by atoms with van der Waals surface area (Å²) in [7, 11) is -1.29. The van der Waals surface area contributed by atoms with Gasteiger partial charge in [-0.3, -0.25) is 9.79 Å². The molecule has 0 aromatic heterocycles. The standard InChI is InChI=1S/C18H28N4O3S.HI/c1-3-14-6-4-5-7-15(14)12-21-18(19-2)20-10-8-17(23)22-16-9-11-26(24,25)13-16;/h4-7,16H,3,8-13H2,1-2H3,(H,22,23)(H2,19,20,21);1H. The summed E-state index contributed by atoms with van der Waals surface area (Å²) in [6.45, 7) is 3.22. The summed E-state index contributed by atoms with van der Waals surface area (Å²) in [5, 5.41) is 9.14. The summed E-state index contributed by atoms with van der Waals surface area (Å²) in [5.41, 5.74) is 2.51. The van der Waals surface area contributed by atoms with Gasteiger partial charge in [0.15, 0.2) is 15.8 Å². The van der Waals surface area contributed by atoms with Crippen LogP contribution in [0, 0.1) is 0 Å². The number of nitrogens with zero attached hydrogens (tertiary/aromatic N) is 1. The lowest BCUT2D eigenvalue weighted by atomic mass is 10.1. The van der Waals surface area contributed by atoms with E-state index in [2.05, 4.69) is 40.0 Å². The lowest BCUT2D eigenvalue weighted by molar-refractivity contribution is -0.121. The number of amides is 1. The van der Waals surface area contributed by atoms with Crippen molar-refractivity contribution in [3.05, 3.63) is 35.4 Å². The first-order valence-electron chi connectivity index (χ1n) is 8.94. The van der Waals surface area contributed by atoms with Gasteiger partial charge in [0, 0.05) is 32.6 Å². The molecule has 9 heteroatoms. The topological polar surface area (TPSA) is 99.7 Å². The number of aryl methyl sites for hydroxylation is 1. The number of sulfone groups is 1. The van der Waals surface area contributed by atoms with Gasteiger partial charge in [0.2, 0.25) is 5.91 Å². The molecule has 0 aliphatic carbocycles. The molecule has 0 saturated carbocycles. The van der Waals surface area contributed by atoms with Crippen LogP contribution in [0.25, 0.3) is 0 Å². The predicted molar refractivity (Wildman–Crippen MR) is 119 cm³/mol. The second-order valence-electron chi connectivity index (χ2n) is 6.39. The Hall–Kier alpha value is -1.36. The normalized spacial score (nSPS) is 18.4. The summed E-state index contributed by atoms with van der Waals surface area (Å²) >= 11 is 0. The van der Waals surface area contributed by atoms with E-state index in [9.17, 15) is 13.2 Å². The second kappa shape index (κ2) is 11.5. The number of rotatable bonds is 7. The molecule has 1 heterocycles. The van der Waals surface area contributed by atoms with Crippen molar-refractivity contribution in [2.24, 2.45) is 4.99 Å². The summed E-state index contributed by atoms with van der Waals surface area (Å²) in [6, 6.07) is 7.99. The number of carbonyl (C=O) groups is 1. The fourth-order valence-electron chi connectivity index (χ4n) is 2.98. The first kappa shape index (κ1) is 23.7. The molecule has 0 radical (unpaired) electrons. The summed E-state index contributed by atoms with van der Waals surface area (Å²) in [4.78, 5) is 16.1. The maximum atomic E-state index is 11.9. The highest BCUT2D eigenvalue weighted by atomic mass is 127. The number of benzene rings is 1. The smallest absolute Gasteiger partial charge is 0.222 e. The maximum absolute atomic E-state index is 11.9. The minimum Gasteiger partial charge on any atom is -0.356 e. The molecule has 1 fully saturated rings. The van der Waals surface area contributed by atoms with Crippen molar-refractivity contribution >= 4 is 45.7 Å². The van der Waals surface area contributed by atoms with E-state index >= 15 is 0 Å². The molecule has 27 heavy (non-hydrogen) atoms. The largest absolute Gasteiger partial charge is 0.356 e.